The molecular formula is C15H13N3O. The highest BCUT2D eigenvalue weighted by Crippen LogP contribution is 2.22. The zero-order chi connectivity index (χ0) is 13.4. The van der Waals surface area contributed by atoms with Crippen LogP contribution in [0, 0.1) is 13.8 Å². The molecule has 4 nitrogen and oxygen atoms in total. The fourth-order valence-corrected chi connectivity index (χ4v) is 2.22. The topological polar surface area (TPSA) is 47.3 Å². The van der Waals surface area contributed by atoms with Gasteiger partial charge in [0.1, 0.15) is 5.69 Å². The molecule has 0 amide bonds. The second-order valence-corrected chi connectivity index (χ2v) is 4.61. The van der Waals surface area contributed by atoms with Crippen LogP contribution >= 0.6 is 0 Å². The summed E-state index contributed by atoms with van der Waals surface area (Å²) in [7, 11) is 0. The molecule has 4 heteroatoms. The van der Waals surface area contributed by atoms with E-state index in [1.807, 2.05) is 12.1 Å². The van der Waals surface area contributed by atoms with Gasteiger partial charge in [0.15, 0.2) is 11.9 Å². The van der Waals surface area contributed by atoms with Crippen LogP contribution in [0.25, 0.3) is 16.9 Å². The highest BCUT2D eigenvalue weighted by atomic mass is 16.1. The van der Waals surface area contributed by atoms with Crippen LogP contribution in [0.2, 0.25) is 0 Å². The SMILES string of the molecule is Cc1ccc(-c2ccc3ncc(C=O)n3n2)c(C)c1. The number of aldehydes is 1. The molecule has 0 N–H and O–H groups in total. The third kappa shape index (κ3) is 1.91. The molecular weight excluding hydrogens is 238 g/mol. The number of hydrogen-bond acceptors (Lipinski definition) is 3. The molecule has 94 valence electrons. The lowest BCUT2D eigenvalue weighted by atomic mass is 10.0. The van der Waals surface area contributed by atoms with Crippen LogP contribution in [0.3, 0.4) is 0 Å². The highest BCUT2D eigenvalue weighted by Gasteiger charge is 2.08. The molecule has 0 aliphatic rings. The lowest BCUT2D eigenvalue weighted by molar-refractivity contribution is 0.111. The van der Waals surface area contributed by atoms with Crippen LogP contribution < -0.4 is 0 Å². The minimum absolute atomic E-state index is 0.460. The van der Waals surface area contributed by atoms with Gasteiger partial charge in [0.05, 0.1) is 11.9 Å². The van der Waals surface area contributed by atoms with Crippen molar-refractivity contribution in [3.63, 3.8) is 0 Å². The molecule has 0 aliphatic heterocycles. The van der Waals surface area contributed by atoms with E-state index in [2.05, 4.69) is 42.1 Å². The van der Waals surface area contributed by atoms with Crippen LogP contribution in [0.4, 0.5) is 0 Å². The third-order valence-corrected chi connectivity index (χ3v) is 3.17. The lowest BCUT2D eigenvalue weighted by Crippen LogP contribution is -1.99. The van der Waals surface area contributed by atoms with Crippen molar-refractivity contribution in [2.24, 2.45) is 0 Å². The smallest absolute Gasteiger partial charge is 0.170 e. The summed E-state index contributed by atoms with van der Waals surface area (Å²) < 4.78 is 1.57. The van der Waals surface area contributed by atoms with Crippen molar-refractivity contribution in [2.45, 2.75) is 13.8 Å². The first-order valence-electron chi connectivity index (χ1n) is 6.06. The summed E-state index contributed by atoms with van der Waals surface area (Å²) in [5.74, 6) is 0. The Labute approximate surface area is 110 Å². The first-order valence-corrected chi connectivity index (χ1v) is 6.06. The van der Waals surface area contributed by atoms with E-state index in [9.17, 15) is 4.79 Å². The summed E-state index contributed by atoms with van der Waals surface area (Å²) in [4.78, 5) is 15.1. The van der Waals surface area contributed by atoms with E-state index in [1.165, 1.54) is 17.3 Å². The monoisotopic (exact) mass is 251 g/mol. The van der Waals surface area contributed by atoms with Crippen LogP contribution in [-0.2, 0) is 0 Å². The van der Waals surface area contributed by atoms with E-state index in [4.69, 9.17) is 0 Å². The summed E-state index contributed by atoms with van der Waals surface area (Å²) >= 11 is 0. The molecule has 19 heavy (non-hydrogen) atoms. The average molecular weight is 251 g/mol. The average Bonchev–Trinajstić information content (AvgIpc) is 2.80. The number of rotatable bonds is 2. The minimum Gasteiger partial charge on any atom is -0.296 e. The second kappa shape index (κ2) is 4.31. The molecule has 0 bridgehead atoms. The first kappa shape index (κ1) is 11.6. The summed E-state index contributed by atoms with van der Waals surface area (Å²) in [5.41, 5.74) is 5.43. The molecule has 3 rings (SSSR count). The van der Waals surface area contributed by atoms with Crippen molar-refractivity contribution in [1.82, 2.24) is 14.6 Å². The number of carbonyl (C=O) groups is 1. The van der Waals surface area contributed by atoms with Crippen molar-refractivity contribution in [1.29, 1.82) is 0 Å². The Morgan fingerprint density at radius 1 is 1.16 bits per heavy atom. The largest absolute Gasteiger partial charge is 0.296 e. The van der Waals surface area contributed by atoms with Crippen LogP contribution in [0.15, 0.2) is 36.5 Å². The molecule has 0 aliphatic carbocycles. The molecule has 0 unspecified atom stereocenters. The number of carbonyl (C=O) groups excluding carboxylic acids is 1. The van der Waals surface area contributed by atoms with Crippen LogP contribution in [0.5, 0.6) is 0 Å². The Balaban J connectivity index is 2.22. The molecule has 1 aromatic carbocycles. The molecule has 0 fully saturated rings. The number of benzene rings is 1. The Hall–Kier alpha value is -2.49. The maximum absolute atomic E-state index is 10.9. The second-order valence-electron chi connectivity index (χ2n) is 4.61. The predicted octanol–water partition coefficient (Wildman–Crippen LogP) is 2.83. The Morgan fingerprint density at radius 2 is 2.00 bits per heavy atom. The van der Waals surface area contributed by atoms with Crippen molar-refractivity contribution < 1.29 is 4.79 Å². The van der Waals surface area contributed by atoms with Crippen molar-refractivity contribution in [3.8, 4) is 11.3 Å². The summed E-state index contributed by atoms with van der Waals surface area (Å²) in [6.45, 7) is 4.12. The maximum Gasteiger partial charge on any atom is 0.170 e. The van der Waals surface area contributed by atoms with E-state index in [0.717, 1.165) is 17.5 Å². The van der Waals surface area contributed by atoms with Gasteiger partial charge in [-0.1, -0.05) is 23.8 Å². The van der Waals surface area contributed by atoms with Gasteiger partial charge in [-0.05, 0) is 31.5 Å². The molecule has 0 atom stereocenters. The molecule has 0 saturated carbocycles. The maximum atomic E-state index is 10.9. The quantitative estimate of drug-likeness (QED) is 0.658. The van der Waals surface area contributed by atoms with Gasteiger partial charge in [-0.25, -0.2) is 9.50 Å². The number of imidazole rings is 1. The first-order chi connectivity index (χ1) is 9.19. The van der Waals surface area contributed by atoms with Gasteiger partial charge in [0.2, 0.25) is 0 Å². The lowest BCUT2D eigenvalue weighted by Gasteiger charge is -2.07. The molecule has 3 aromatic rings. The van der Waals surface area contributed by atoms with E-state index >= 15 is 0 Å². The normalized spacial score (nSPS) is 10.8. The minimum atomic E-state index is 0.460. The number of aryl methyl sites for hydroxylation is 2. The van der Waals surface area contributed by atoms with Gasteiger partial charge < -0.3 is 0 Å². The van der Waals surface area contributed by atoms with Crippen molar-refractivity contribution >= 4 is 11.9 Å². The number of aromatic nitrogens is 3. The van der Waals surface area contributed by atoms with Gasteiger partial charge in [-0.2, -0.15) is 5.10 Å². The Morgan fingerprint density at radius 3 is 2.74 bits per heavy atom. The fourth-order valence-electron chi connectivity index (χ4n) is 2.22. The summed E-state index contributed by atoms with van der Waals surface area (Å²) in [5, 5.41) is 4.49. The van der Waals surface area contributed by atoms with Crippen LogP contribution in [-0.4, -0.2) is 20.9 Å². The molecule has 0 saturated heterocycles. The molecule has 2 aromatic heterocycles. The van der Waals surface area contributed by atoms with Gasteiger partial charge in [0, 0.05) is 5.56 Å². The molecule has 0 spiro atoms. The van der Waals surface area contributed by atoms with Gasteiger partial charge >= 0.3 is 0 Å². The van der Waals surface area contributed by atoms with Crippen molar-refractivity contribution in [2.75, 3.05) is 0 Å². The zero-order valence-corrected chi connectivity index (χ0v) is 10.8. The number of hydrogen-bond donors (Lipinski definition) is 0. The third-order valence-electron chi connectivity index (χ3n) is 3.17. The number of nitrogens with zero attached hydrogens (tertiary/aromatic N) is 3. The summed E-state index contributed by atoms with van der Waals surface area (Å²) in [6, 6.07) is 10.0. The number of fused-ring (bicyclic) bond motifs is 1. The van der Waals surface area contributed by atoms with E-state index < -0.39 is 0 Å². The molecule has 0 radical (unpaired) electrons. The standard InChI is InChI=1S/C15H13N3O/c1-10-3-4-13(11(2)7-10)14-5-6-15-16-8-12(9-19)18(15)17-14/h3-9H,1-2H3. The zero-order valence-electron chi connectivity index (χ0n) is 10.8. The van der Waals surface area contributed by atoms with Crippen molar-refractivity contribution in [3.05, 3.63) is 53.3 Å². The highest BCUT2D eigenvalue weighted by molar-refractivity contribution is 5.74. The van der Waals surface area contributed by atoms with Gasteiger partial charge in [-0.15, -0.1) is 0 Å². The summed E-state index contributed by atoms with van der Waals surface area (Å²) in [6.07, 6.45) is 2.29. The fraction of sp³-hybridized carbons (Fsp3) is 0.133. The van der Waals surface area contributed by atoms with Crippen LogP contribution in [0.1, 0.15) is 21.6 Å². The van der Waals surface area contributed by atoms with E-state index in [0.29, 0.717) is 11.3 Å². The van der Waals surface area contributed by atoms with E-state index in [1.54, 1.807) is 4.52 Å². The Kier molecular flexibility index (Phi) is 2.63. The van der Waals surface area contributed by atoms with E-state index in [-0.39, 0.29) is 0 Å². The Bertz CT molecular complexity index is 774. The van der Waals surface area contributed by atoms with Gasteiger partial charge in [0.25, 0.3) is 0 Å². The van der Waals surface area contributed by atoms with Gasteiger partial charge in [-0.3, -0.25) is 4.79 Å². The predicted molar refractivity (Wildman–Crippen MR) is 73.3 cm³/mol. The molecule has 2 heterocycles.